The molecule has 0 N–H and O–H groups in total. The van der Waals surface area contributed by atoms with Gasteiger partial charge in [-0.2, -0.15) is 0 Å². The van der Waals surface area contributed by atoms with Gasteiger partial charge in [0.05, 0.1) is 0 Å². The summed E-state index contributed by atoms with van der Waals surface area (Å²) in [6, 6.07) is 52.8. The molecule has 0 bridgehead atoms. The number of rotatable bonds is 3. The van der Waals surface area contributed by atoms with Crippen LogP contribution in [0.1, 0.15) is 0 Å². The van der Waals surface area contributed by atoms with E-state index in [4.69, 9.17) is 0 Å². The average molecular weight is 457 g/mol. The maximum Gasteiger partial charge on any atom is -0.00139 e. The maximum atomic E-state index is 2.37. The van der Waals surface area contributed by atoms with Crippen molar-refractivity contribution in [2.75, 3.05) is 0 Å². The van der Waals surface area contributed by atoms with Gasteiger partial charge < -0.3 is 0 Å². The summed E-state index contributed by atoms with van der Waals surface area (Å²) >= 11 is 0. The van der Waals surface area contributed by atoms with Crippen LogP contribution in [0.25, 0.3) is 65.7 Å². The standard InChI is InChI=1S/C36H24/c1-2-12-27(13-3-1)34-24-28-16-6-9-21-31(28)35(32-22-10-17-25-14-4-7-19-29(25)32)36(34)33-23-11-18-26-15-5-8-20-30(26)33/h1-24H. The minimum absolute atomic E-state index is 1.23. The van der Waals surface area contributed by atoms with E-state index in [1.54, 1.807) is 0 Å². The molecule has 0 nitrogen and oxygen atoms in total. The van der Waals surface area contributed by atoms with E-state index < -0.39 is 0 Å². The Bertz CT molecular complexity index is 1870. The molecule has 0 atom stereocenters. The first-order valence-electron chi connectivity index (χ1n) is 12.5. The minimum atomic E-state index is 1.23. The lowest BCUT2D eigenvalue weighted by molar-refractivity contribution is 1.61. The molecule has 0 aliphatic rings. The van der Waals surface area contributed by atoms with Crippen LogP contribution in [-0.2, 0) is 0 Å². The number of fused-ring (bicyclic) bond motifs is 3. The summed E-state index contributed by atoms with van der Waals surface area (Å²) < 4.78 is 0. The number of benzene rings is 7. The molecule has 0 fully saturated rings. The molecule has 0 unspecified atom stereocenters. The lowest BCUT2D eigenvalue weighted by Crippen LogP contribution is -1.94. The zero-order valence-electron chi connectivity index (χ0n) is 19.9. The highest BCUT2D eigenvalue weighted by Gasteiger charge is 2.20. The molecule has 0 aliphatic carbocycles. The molecule has 0 spiro atoms. The molecule has 0 heterocycles. The van der Waals surface area contributed by atoms with Gasteiger partial charge in [0.1, 0.15) is 0 Å². The van der Waals surface area contributed by atoms with E-state index in [9.17, 15) is 0 Å². The van der Waals surface area contributed by atoms with Crippen LogP contribution in [0.3, 0.4) is 0 Å². The van der Waals surface area contributed by atoms with Crippen molar-refractivity contribution in [1.82, 2.24) is 0 Å². The fourth-order valence-electron chi connectivity index (χ4n) is 5.64. The first-order valence-corrected chi connectivity index (χ1v) is 12.5. The summed E-state index contributed by atoms with van der Waals surface area (Å²) in [4.78, 5) is 0. The summed E-state index contributed by atoms with van der Waals surface area (Å²) in [5.74, 6) is 0. The third-order valence-electron chi connectivity index (χ3n) is 7.25. The van der Waals surface area contributed by atoms with E-state index in [1.807, 2.05) is 0 Å². The Kier molecular flexibility index (Phi) is 4.89. The van der Waals surface area contributed by atoms with Gasteiger partial charge >= 0.3 is 0 Å². The second-order valence-electron chi connectivity index (χ2n) is 9.31. The van der Waals surface area contributed by atoms with Crippen molar-refractivity contribution in [3.05, 3.63) is 146 Å². The Morgan fingerprint density at radius 3 is 1.39 bits per heavy atom. The highest BCUT2D eigenvalue weighted by Crippen LogP contribution is 2.48. The Balaban J connectivity index is 1.73. The predicted molar refractivity (Wildman–Crippen MR) is 155 cm³/mol. The molecule has 7 aromatic rings. The summed E-state index contributed by atoms with van der Waals surface area (Å²) in [6.07, 6.45) is 0. The van der Waals surface area contributed by atoms with Crippen molar-refractivity contribution in [2.24, 2.45) is 0 Å². The maximum absolute atomic E-state index is 2.37. The normalized spacial score (nSPS) is 11.3. The fourth-order valence-corrected chi connectivity index (χ4v) is 5.64. The van der Waals surface area contributed by atoms with E-state index in [1.165, 1.54) is 65.7 Å². The Labute approximate surface area is 211 Å². The van der Waals surface area contributed by atoms with Gasteiger partial charge in [-0.1, -0.05) is 140 Å². The predicted octanol–water partition coefficient (Wildman–Crippen LogP) is 10.1. The van der Waals surface area contributed by atoms with Crippen LogP contribution in [-0.4, -0.2) is 0 Å². The van der Waals surface area contributed by atoms with E-state index in [-0.39, 0.29) is 0 Å². The lowest BCUT2D eigenvalue weighted by atomic mass is 9.81. The topological polar surface area (TPSA) is 0 Å². The molecule has 0 saturated heterocycles. The zero-order valence-corrected chi connectivity index (χ0v) is 19.9. The first kappa shape index (κ1) is 20.7. The Morgan fingerprint density at radius 2 is 0.750 bits per heavy atom. The molecule has 0 aromatic heterocycles. The summed E-state index contributed by atoms with van der Waals surface area (Å²) in [5.41, 5.74) is 7.60. The van der Waals surface area contributed by atoms with Crippen LogP contribution in [0.15, 0.2) is 146 Å². The van der Waals surface area contributed by atoms with Crippen LogP contribution in [0.4, 0.5) is 0 Å². The van der Waals surface area contributed by atoms with Crippen LogP contribution in [0.5, 0.6) is 0 Å². The second-order valence-corrected chi connectivity index (χ2v) is 9.31. The van der Waals surface area contributed by atoms with Crippen LogP contribution in [0, 0.1) is 0 Å². The molecule has 0 amide bonds. The van der Waals surface area contributed by atoms with Crippen molar-refractivity contribution in [2.45, 2.75) is 0 Å². The van der Waals surface area contributed by atoms with Gasteiger partial charge in [-0.3, -0.25) is 0 Å². The highest BCUT2D eigenvalue weighted by molar-refractivity contribution is 6.17. The molecule has 0 saturated carbocycles. The van der Waals surface area contributed by atoms with Gasteiger partial charge in [-0.05, 0) is 71.8 Å². The molecule has 0 aliphatic heterocycles. The first-order chi connectivity index (χ1) is 17.9. The monoisotopic (exact) mass is 456 g/mol. The van der Waals surface area contributed by atoms with Crippen molar-refractivity contribution in [3.63, 3.8) is 0 Å². The van der Waals surface area contributed by atoms with E-state index in [0.717, 1.165) is 0 Å². The SMILES string of the molecule is c1ccc(-c2cc3ccccc3c(-c3cccc4ccccc34)c2-c2cccc3ccccc23)cc1. The minimum Gasteiger partial charge on any atom is -0.0622 e. The summed E-state index contributed by atoms with van der Waals surface area (Å²) in [7, 11) is 0. The van der Waals surface area contributed by atoms with Gasteiger partial charge in [0.15, 0.2) is 0 Å². The lowest BCUT2D eigenvalue weighted by Gasteiger charge is -2.21. The van der Waals surface area contributed by atoms with Crippen molar-refractivity contribution >= 4 is 32.3 Å². The number of hydrogen-bond acceptors (Lipinski definition) is 0. The van der Waals surface area contributed by atoms with E-state index in [2.05, 4.69) is 146 Å². The molecule has 0 heteroatoms. The van der Waals surface area contributed by atoms with Crippen molar-refractivity contribution in [3.8, 4) is 33.4 Å². The fraction of sp³-hybridized carbons (Fsp3) is 0. The third kappa shape index (κ3) is 3.31. The van der Waals surface area contributed by atoms with Crippen molar-refractivity contribution < 1.29 is 0 Å². The smallest absolute Gasteiger partial charge is 0.00139 e. The van der Waals surface area contributed by atoms with Crippen molar-refractivity contribution in [1.29, 1.82) is 0 Å². The molecule has 0 radical (unpaired) electrons. The van der Waals surface area contributed by atoms with Crippen LogP contribution < -0.4 is 0 Å². The average Bonchev–Trinajstić information content (AvgIpc) is 2.96. The van der Waals surface area contributed by atoms with Crippen LogP contribution >= 0.6 is 0 Å². The number of hydrogen-bond donors (Lipinski definition) is 0. The van der Waals surface area contributed by atoms with Gasteiger partial charge in [0.2, 0.25) is 0 Å². The Morgan fingerprint density at radius 1 is 0.278 bits per heavy atom. The second kappa shape index (κ2) is 8.52. The largest absolute Gasteiger partial charge is 0.0622 e. The quantitative estimate of drug-likeness (QED) is 0.248. The van der Waals surface area contributed by atoms with E-state index >= 15 is 0 Å². The Hall–Kier alpha value is -4.68. The molecule has 168 valence electrons. The summed E-state index contributed by atoms with van der Waals surface area (Å²) in [5, 5.41) is 7.59. The van der Waals surface area contributed by atoms with Gasteiger partial charge in [0, 0.05) is 0 Å². The van der Waals surface area contributed by atoms with Gasteiger partial charge in [-0.15, -0.1) is 0 Å². The van der Waals surface area contributed by atoms with Crippen LogP contribution in [0.2, 0.25) is 0 Å². The molecule has 7 rings (SSSR count). The molecular formula is C36H24. The van der Waals surface area contributed by atoms with Gasteiger partial charge in [0.25, 0.3) is 0 Å². The van der Waals surface area contributed by atoms with E-state index in [0.29, 0.717) is 0 Å². The third-order valence-corrected chi connectivity index (χ3v) is 7.25. The van der Waals surface area contributed by atoms with Gasteiger partial charge in [-0.25, -0.2) is 0 Å². The summed E-state index contributed by atoms with van der Waals surface area (Å²) in [6.45, 7) is 0. The molecule has 36 heavy (non-hydrogen) atoms. The highest BCUT2D eigenvalue weighted by atomic mass is 14.2. The molecular weight excluding hydrogens is 432 g/mol. The molecule has 7 aromatic carbocycles. The zero-order chi connectivity index (χ0) is 23.9.